The van der Waals surface area contributed by atoms with Crippen molar-refractivity contribution < 1.29 is 13.7 Å². The minimum atomic E-state index is -1.07. The van der Waals surface area contributed by atoms with E-state index in [2.05, 4.69) is 0 Å². The van der Waals surface area contributed by atoms with Crippen molar-refractivity contribution in [3.05, 3.63) is 18.2 Å². The number of nitrogens with two attached hydrogens (primary N) is 1. The lowest BCUT2D eigenvalue weighted by Gasteiger charge is -2.20. The predicted molar refractivity (Wildman–Crippen MR) is 78.6 cm³/mol. The van der Waals surface area contributed by atoms with Gasteiger partial charge in [-0.2, -0.15) is 0 Å². The van der Waals surface area contributed by atoms with Crippen molar-refractivity contribution in [2.75, 3.05) is 19.0 Å². The average Bonchev–Trinajstić information content (AvgIpc) is 3.01. The number of hydrogen-bond donors (Lipinski definition) is 1. The van der Waals surface area contributed by atoms with Crippen LogP contribution in [0.3, 0.4) is 0 Å². The fraction of sp³-hybridized carbons (Fsp3) is 0.600. The number of hydrogen-bond acceptors (Lipinski definition) is 4. The fourth-order valence-electron chi connectivity index (χ4n) is 2.96. The molecular weight excluding hydrogens is 274 g/mol. The molecule has 2 aliphatic rings. The first kappa shape index (κ1) is 13.9. The lowest BCUT2D eigenvalue weighted by molar-refractivity contribution is 0.171. The first-order chi connectivity index (χ1) is 9.74. The van der Waals surface area contributed by atoms with Crippen molar-refractivity contribution >= 4 is 10.8 Å². The molecular formula is C15H21NO3S. The zero-order valence-electron chi connectivity index (χ0n) is 11.5. The third kappa shape index (κ3) is 2.99. The summed E-state index contributed by atoms with van der Waals surface area (Å²) in [5.74, 6) is 2.49. The van der Waals surface area contributed by atoms with E-state index in [4.69, 9.17) is 15.2 Å². The van der Waals surface area contributed by atoms with E-state index in [9.17, 15) is 4.21 Å². The molecule has 0 radical (unpaired) electrons. The molecule has 3 rings (SSSR count). The van der Waals surface area contributed by atoms with E-state index in [1.165, 1.54) is 25.7 Å². The van der Waals surface area contributed by atoms with Crippen LogP contribution in [-0.2, 0) is 10.8 Å². The Balaban J connectivity index is 1.67. The van der Waals surface area contributed by atoms with Crippen molar-refractivity contribution in [1.29, 1.82) is 0 Å². The molecule has 1 aromatic carbocycles. The number of benzene rings is 1. The van der Waals surface area contributed by atoms with E-state index in [0.29, 0.717) is 30.6 Å². The highest BCUT2D eigenvalue weighted by Crippen LogP contribution is 2.32. The van der Waals surface area contributed by atoms with Gasteiger partial charge in [0.25, 0.3) is 0 Å². The molecule has 0 amide bonds. The van der Waals surface area contributed by atoms with Gasteiger partial charge in [0.05, 0.1) is 10.8 Å². The maximum atomic E-state index is 12.4. The Morgan fingerprint density at radius 2 is 1.90 bits per heavy atom. The zero-order valence-corrected chi connectivity index (χ0v) is 12.4. The Bertz CT molecular complexity index is 500. The first-order valence-corrected chi connectivity index (χ1v) is 8.59. The summed E-state index contributed by atoms with van der Waals surface area (Å²) in [7, 11) is -1.07. The van der Waals surface area contributed by atoms with Gasteiger partial charge in [0.15, 0.2) is 11.5 Å². The first-order valence-electron chi connectivity index (χ1n) is 7.27. The van der Waals surface area contributed by atoms with Crippen molar-refractivity contribution in [3.63, 3.8) is 0 Å². The third-order valence-electron chi connectivity index (χ3n) is 4.13. The second-order valence-electron chi connectivity index (χ2n) is 5.53. The van der Waals surface area contributed by atoms with Crippen molar-refractivity contribution in [2.45, 2.75) is 36.6 Å². The summed E-state index contributed by atoms with van der Waals surface area (Å²) in [6, 6.07) is 5.55. The van der Waals surface area contributed by atoms with Gasteiger partial charge in [-0.3, -0.25) is 4.21 Å². The Labute approximate surface area is 122 Å². The average molecular weight is 295 g/mol. The largest absolute Gasteiger partial charge is 0.486 e. The maximum absolute atomic E-state index is 12.4. The Hall–Kier alpha value is -1.07. The molecule has 5 heteroatoms. The van der Waals surface area contributed by atoms with Gasteiger partial charge in [0.1, 0.15) is 13.2 Å². The normalized spacial score (nSPS) is 21.6. The van der Waals surface area contributed by atoms with Crippen LogP contribution in [0, 0.1) is 5.92 Å². The summed E-state index contributed by atoms with van der Waals surface area (Å²) in [5, 5.41) is 0. The van der Waals surface area contributed by atoms with E-state index < -0.39 is 10.8 Å². The molecule has 0 aromatic heterocycles. The van der Waals surface area contributed by atoms with E-state index in [1.807, 2.05) is 18.2 Å². The minimum absolute atomic E-state index is 0.0338. The molecule has 1 fully saturated rings. The monoisotopic (exact) mass is 295 g/mol. The van der Waals surface area contributed by atoms with E-state index in [1.54, 1.807) is 0 Å². The molecule has 0 bridgehead atoms. The lowest BCUT2D eigenvalue weighted by Crippen LogP contribution is -2.34. The van der Waals surface area contributed by atoms with Gasteiger partial charge in [0.2, 0.25) is 0 Å². The topological polar surface area (TPSA) is 61.6 Å². The second kappa shape index (κ2) is 6.14. The van der Waals surface area contributed by atoms with Crippen LogP contribution in [0.2, 0.25) is 0 Å². The molecule has 1 aliphatic heterocycles. The smallest absolute Gasteiger partial charge is 0.162 e. The quantitative estimate of drug-likeness (QED) is 0.924. The van der Waals surface area contributed by atoms with Crippen LogP contribution in [-0.4, -0.2) is 29.2 Å². The van der Waals surface area contributed by atoms with Crippen LogP contribution in [0.5, 0.6) is 11.5 Å². The molecule has 0 saturated heterocycles. The number of ether oxygens (including phenoxy) is 2. The van der Waals surface area contributed by atoms with Crippen LogP contribution in [0.25, 0.3) is 0 Å². The highest BCUT2D eigenvalue weighted by molar-refractivity contribution is 7.85. The van der Waals surface area contributed by atoms with Crippen LogP contribution >= 0.6 is 0 Å². The van der Waals surface area contributed by atoms with Gasteiger partial charge >= 0.3 is 0 Å². The van der Waals surface area contributed by atoms with Gasteiger partial charge in [-0.15, -0.1) is 0 Å². The summed E-state index contributed by atoms with van der Waals surface area (Å²) in [4.78, 5) is 0.780. The van der Waals surface area contributed by atoms with Crippen molar-refractivity contribution in [1.82, 2.24) is 0 Å². The molecule has 0 spiro atoms. The SMILES string of the molecule is NC(CS(=O)c1ccc2c(c1)OCCO2)C1CCCC1. The number of fused-ring (bicyclic) bond motifs is 1. The van der Waals surface area contributed by atoms with Gasteiger partial charge in [0, 0.05) is 22.8 Å². The molecule has 1 aliphatic carbocycles. The Morgan fingerprint density at radius 1 is 1.20 bits per heavy atom. The van der Waals surface area contributed by atoms with Gasteiger partial charge in [-0.1, -0.05) is 12.8 Å². The summed E-state index contributed by atoms with van der Waals surface area (Å²) < 4.78 is 23.4. The minimum Gasteiger partial charge on any atom is -0.486 e. The third-order valence-corrected chi connectivity index (χ3v) is 5.59. The Kier molecular flexibility index (Phi) is 4.27. The molecule has 2 atom stereocenters. The van der Waals surface area contributed by atoms with Crippen LogP contribution < -0.4 is 15.2 Å². The van der Waals surface area contributed by atoms with E-state index >= 15 is 0 Å². The molecule has 1 saturated carbocycles. The molecule has 4 nitrogen and oxygen atoms in total. The predicted octanol–water partition coefficient (Wildman–Crippen LogP) is 2.08. The molecule has 110 valence electrons. The highest BCUT2D eigenvalue weighted by atomic mass is 32.2. The summed E-state index contributed by atoms with van der Waals surface area (Å²) in [6.45, 7) is 1.12. The molecule has 1 aromatic rings. The summed E-state index contributed by atoms with van der Waals surface area (Å²) >= 11 is 0. The van der Waals surface area contributed by atoms with Gasteiger partial charge < -0.3 is 15.2 Å². The molecule has 2 unspecified atom stereocenters. The van der Waals surface area contributed by atoms with Crippen molar-refractivity contribution in [2.24, 2.45) is 11.7 Å². The van der Waals surface area contributed by atoms with Crippen LogP contribution in [0.15, 0.2) is 23.1 Å². The summed E-state index contributed by atoms with van der Waals surface area (Å²) in [5.41, 5.74) is 6.21. The highest BCUT2D eigenvalue weighted by Gasteiger charge is 2.24. The van der Waals surface area contributed by atoms with E-state index in [-0.39, 0.29) is 6.04 Å². The maximum Gasteiger partial charge on any atom is 0.162 e. The molecule has 20 heavy (non-hydrogen) atoms. The molecule has 1 heterocycles. The standard InChI is InChI=1S/C15H21NO3S/c16-13(11-3-1-2-4-11)10-20(17)12-5-6-14-15(9-12)19-8-7-18-14/h5-6,9,11,13H,1-4,7-8,10,16H2. The second-order valence-corrected chi connectivity index (χ2v) is 7.02. The summed E-state index contributed by atoms with van der Waals surface area (Å²) in [6.07, 6.45) is 4.88. The Morgan fingerprint density at radius 3 is 2.65 bits per heavy atom. The molecule has 2 N–H and O–H groups in total. The van der Waals surface area contributed by atoms with Gasteiger partial charge in [-0.05, 0) is 30.9 Å². The van der Waals surface area contributed by atoms with Crippen molar-refractivity contribution in [3.8, 4) is 11.5 Å². The zero-order chi connectivity index (χ0) is 13.9. The lowest BCUT2D eigenvalue weighted by atomic mass is 10.0. The van der Waals surface area contributed by atoms with Gasteiger partial charge in [-0.25, -0.2) is 0 Å². The number of rotatable bonds is 4. The van der Waals surface area contributed by atoms with E-state index in [0.717, 1.165) is 10.6 Å². The fourth-order valence-corrected chi connectivity index (χ4v) is 4.23. The van der Waals surface area contributed by atoms with Crippen LogP contribution in [0.4, 0.5) is 0 Å². The van der Waals surface area contributed by atoms with Crippen LogP contribution in [0.1, 0.15) is 25.7 Å².